The second kappa shape index (κ2) is 4.65. The molecule has 0 fully saturated rings. The summed E-state index contributed by atoms with van der Waals surface area (Å²) >= 11 is 0. The molecule has 3 aromatic rings. The van der Waals surface area contributed by atoms with Crippen LogP contribution in [-0.2, 0) is 11.2 Å². The molecule has 0 bridgehead atoms. The molecule has 1 aromatic carbocycles. The summed E-state index contributed by atoms with van der Waals surface area (Å²) in [7, 11) is 0. The number of rotatable bonds is 3. The van der Waals surface area contributed by atoms with Crippen LogP contribution in [0.25, 0.3) is 16.9 Å². The van der Waals surface area contributed by atoms with Crippen LogP contribution >= 0.6 is 0 Å². The van der Waals surface area contributed by atoms with E-state index in [4.69, 9.17) is 5.11 Å². The molecule has 6 heteroatoms. The minimum atomic E-state index is -0.878. The van der Waals surface area contributed by atoms with E-state index in [2.05, 4.69) is 9.97 Å². The van der Waals surface area contributed by atoms with Crippen molar-refractivity contribution in [2.24, 2.45) is 0 Å². The predicted octanol–water partition coefficient (Wildman–Crippen LogP) is 1.32. The van der Waals surface area contributed by atoms with Crippen LogP contribution in [0.5, 0.6) is 0 Å². The fourth-order valence-electron chi connectivity index (χ4n) is 2.16. The Bertz CT molecular complexity index is 848. The van der Waals surface area contributed by atoms with Gasteiger partial charge in [-0.05, 0) is 11.6 Å². The minimum Gasteiger partial charge on any atom is -0.481 e. The van der Waals surface area contributed by atoms with Crippen molar-refractivity contribution in [3.05, 3.63) is 58.8 Å². The van der Waals surface area contributed by atoms with Gasteiger partial charge in [-0.15, -0.1) is 0 Å². The van der Waals surface area contributed by atoms with Crippen LogP contribution < -0.4 is 5.56 Å². The Labute approximate surface area is 113 Å². The Kier molecular flexibility index (Phi) is 2.83. The summed E-state index contributed by atoms with van der Waals surface area (Å²) in [4.78, 5) is 29.0. The van der Waals surface area contributed by atoms with Crippen LogP contribution in [0.4, 0.5) is 0 Å². The van der Waals surface area contributed by atoms with Gasteiger partial charge in [0.15, 0.2) is 0 Å². The average Bonchev–Trinajstić information content (AvgIpc) is 2.83. The third kappa shape index (κ3) is 2.07. The Morgan fingerprint density at radius 3 is 3.05 bits per heavy atom. The van der Waals surface area contributed by atoms with Crippen molar-refractivity contribution in [1.82, 2.24) is 14.4 Å². The number of carboxylic acids is 1. The lowest BCUT2D eigenvalue weighted by Crippen LogP contribution is -2.08. The van der Waals surface area contributed by atoms with Crippen LogP contribution in [0.15, 0.2) is 47.7 Å². The molecule has 0 unspecified atom stereocenters. The average molecular weight is 269 g/mol. The van der Waals surface area contributed by atoms with Gasteiger partial charge in [0.25, 0.3) is 5.56 Å². The summed E-state index contributed by atoms with van der Waals surface area (Å²) in [5.74, 6) is -0.878. The van der Waals surface area contributed by atoms with E-state index in [0.717, 1.165) is 11.3 Å². The first-order chi connectivity index (χ1) is 9.65. The second-order valence-corrected chi connectivity index (χ2v) is 4.40. The van der Waals surface area contributed by atoms with Gasteiger partial charge in [-0.25, -0.2) is 4.98 Å². The predicted molar refractivity (Wildman–Crippen MR) is 72.6 cm³/mol. The first-order valence-electron chi connectivity index (χ1n) is 6.01. The number of carboxylic acid groups (broad SMARTS) is 1. The molecule has 0 aliphatic rings. The van der Waals surface area contributed by atoms with E-state index < -0.39 is 5.97 Å². The van der Waals surface area contributed by atoms with Gasteiger partial charge >= 0.3 is 5.97 Å². The smallest absolute Gasteiger partial charge is 0.307 e. The molecule has 6 nitrogen and oxygen atoms in total. The van der Waals surface area contributed by atoms with Crippen LogP contribution in [0.1, 0.15) is 5.56 Å². The van der Waals surface area contributed by atoms with Crippen molar-refractivity contribution in [2.45, 2.75) is 6.42 Å². The topological polar surface area (TPSA) is 87.5 Å². The summed E-state index contributed by atoms with van der Waals surface area (Å²) < 4.78 is 1.68. The van der Waals surface area contributed by atoms with Crippen LogP contribution in [0.3, 0.4) is 0 Å². The van der Waals surface area contributed by atoms with E-state index >= 15 is 0 Å². The number of carbonyl (C=O) groups is 1. The highest BCUT2D eigenvalue weighted by molar-refractivity contribution is 5.72. The highest BCUT2D eigenvalue weighted by Crippen LogP contribution is 2.20. The number of H-pyrrole nitrogens is 1. The van der Waals surface area contributed by atoms with Crippen molar-refractivity contribution in [1.29, 1.82) is 0 Å². The molecule has 2 aromatic heterocycles. The molecule has 0 amide bonds. The van der Waals surface area contributed by atoms with Crippen LogP contribution in [0.2, 0.25) is 0 Å². The quantitative estimate of drug-likeness (QED) is 0.750. The van der Waals surface area contributed by atoms with Crippen LogP contribution in [0, 0.1) is 0 Å². The zero-order chi connectivity index (χ0) is 14.1. The lowest BCUT2D eigenvalue weighted by Gasteiger charge is -2.03. The Morgan fingerprint density at radius 1 is 1.40 bits per heavy atom. The van der Waals surface area contributed by atoms with E-state index in [1.165, 1.54) is 0 Å². The Hall–Kier alpha value is -2.89. The molecule has 20 heavy (non-hydrogen) atoms. The molecular weight excluding hydrogens is 258 g/mol. The number of aliphatic carboxylic acids is 1. The monoisotopic (exact) mass is 269 g/mol. The minimum absolute atomic E-state index is 0.0365. The highest BCUT2D eigenvalue weighted by Gasteiger charge is 2.09. The van der Waals surface area contributed by atoms with E-state index in [0.29, 0.717) is 11.2 Å². The largest absolute Gasteiger partial charge is 0.481 e. The molecular formula is C14H11N3O3. The number of imidazole rings is 1. The summed E-state index contributed by atoms with van der Waals surface area (Å²) in [5, 5.41) is 8.83. The van der Waals surface area contributed by atoms with Gasteiger partial charge in [0.05, 0.1) is 18.3 Å². The molecule has 2 heterocycles. The SMILES string of the molecule is O=C(O)Cc1cccc(-c2cnc3c(=O)[nH]ccn23)c1. The van der Waals surface area contributed by atoms with Gasteiger partial charge in [0.2, 0.25) is 5.65 Å². The van der Waals surface area contributed by atoms with Gasteiger partial charge in [-0.1, -0.05) is 18.2 Å². The van der Waals surface area contributed by atoms with Crippen molar-refractivity contribution >= 4 is 11.6 Å². The van der Waals surface area contributed by atoms with Crippen molar-refractivity contribution < 1.29 is 9.90 Å². The normalized spacial score (nSPS) is 10.8. The zero-order valence-corrected chi connectivity index (χ0v) is 10.4. The maximum absolute atomic E-state index is 11.6. The summed E-state index contributed by atoms with van der Waals surface area (Å²) in [6, 6.07) is 7.20. The van der Waals surface area contributed by atoms with Gasteiger partial charge in [-0.3, -0.25) is 14.0 Å². The van der Waals surface area contributed by atoms with Gasteiger partial charge in [-0.2, -0.15) is 0 Å². The maximum Gasteiger partial charge on any atom is 0.307 e. The Morgan fingerprint density at radius 2 is 2.25 bits per heavy atom. The van der Waals surface area contributed by atoms with E-state index in [1.807, 2.05) is 6.07 Å². The van der Waals surface area contributed by atoms with Crippen LogP contribution in [-0.4, -0.2) is 25.4 Å². The molecule has 0 aliphatic heterocycles. The standard InChI is InChI=1S/C14H11N3O3/c18-12(19)7-9-2-1-3-10(6-9)11-8-16-13-14(20)15-4-5-17(11)13/h1-6,8H,7H2,(H,15,20)(H,18,19). The van der Waals surface area contributed by atoms with Gasteiger partial charge in [0.1, 0.15) is 0 Å². The third-order valence-electron chi connectivity index (χ3n) is 3.02. The van der Waals surface area contributed by atoms with E-state index in [1.54, 1.807) is 41.2 Å². The number of aromatic nitrogens is 3. The van der Waals surface area contributed by atoms with Crippen molar-refractivity contribution in [3.8, 4) is 11.3 Å². The third-order valence-corrected chi connectivity index (χ3v) is 3.02. The van der Waals surface area contributed by atoms with Crippen molar-refractivity contribution in [3.63, 3.8) is 0 Å². The number of nitrogens with one attached hydrogen (secondary N) is 1. The first-order valence-corrected chi connectivity index (χ1v) is 6.01. The number of aromatic amines is 1. The maximum atomic E-state index is 11.6. The number of hydrogen-bond donors (Lipinski definition) is 2. The molecule has 2 N–H and O–H groups in total. The molecule has 0 saturated carbocycles. The number of hydrogen-bond acceptors (Lipinski definition) is 3. The van der Waals surface area contributed by atoms with E-state index in [-0.39, 0.29) is 12.0 Å². The molecule has 100 valence electrons. The van der Waals surface area contributed by atoms with Gasteiger partial charge < -0.3 is 10.1 Å². The molecule has 0 saturated heterocycles. The summed E-state index contributed by atoms with van der Waals surface area (Å²) in [5.41, 5.74) is 2.32. The molecule has 0 radical (unpaired) electrons. The lowest BCUT2D eigenvalue weighted by molar-refractivity contribution is -0.136. The number of fused-ring (bicyclic) bond motifs is 1. The zero-order valence-electron chi connectivity index (χ0n) is 10.4. The second-order valence-electron chi connectivity index (χ2n) is 4.40. The molecule has 0 atom stereocenters. The fourth-order valence-corrected chi connectivity index (χ4v) is 2.16. The van der Waals surface area contributed by atoms with Gasteiger partial charge in [0, 0.05) is 18.0 Å². The summed E-state index contributed by atoms with van der Waals surface area (Å²) in [6.45, 7) is 0. The molecule has 0 spiro atoms. The fraction of sp³-hybridized carbons (Fsp3) is 0.0714. The Balaban J connectivity index is 2.14. The number of benzene rings is 1. The molecule has 3 rings (SSSR count). The first kappa shape index (κ1) is 12.2. The van der Waals surface area contributed by atoms with Crippen molar-refractivity contribution in [2.75, 3.05) is 0 Å². The molecule has 0 aliphatic carbocycles. The highest BCUT2D eigenvalue weighted by atomic mass is 16.4. The lowest BCUT2D eigenvalue weighted by atomic mass is 10.1. The summed E-state index contributed by atoms with van der Waals surface area (Å²) in [6.07, 6.45) is 4.82. The van der Waals surface area contributed by atoms with E-state index in [9.17, 15) is 9.59 Å². The number of nitrogens with zero attached hydrogens (tertiary/aromatic N) is 2.